The average molecular weight is 220 g/mol. The molecule has 0 radical (unpaired) electrons. The van der Waals surface area contributed by atoms with Crippen LogP contribution < -0.4 is 5.46 Å². The molecule has 0 aliphatic heterocycles. The Bertz CT molecular complexity index is 518. The molecule has 2 heterocycles. The number of hydrogen-bond acceptors (Lipinski definition) is 5. The van der Waals surface area contributed by atoms with Crippen molar-refractivity contribution in [2.75, 3.05) is 0 Å². The van der Waals surface area contributed by atoms with Crippen molar-refractivity contribution < 1.29 is 10.0 Å². The fraction of sp³-hybridized carbons (Fsp3) is 0.444. The summed E-state index contributed by atoms with van der Waals surface area (Å²) in [5.41, 5.74) is 1.15. The van der Waals surface area contributed by atoms with Crippen LogP contribution in [0.5, 0.6) is 0 Å². The van der Waals surface area contributed by atoms with Crippen molar-refractivity contribution in [3.05, 3.63) is 12.3 Å². The summed E-state index contributed by atoms with van der Waals surface area (Å²) in [6.45, 7) is 5.94. The highest BCUT2D eigenvalue weighted by molar-refractivity contribution is 6.58. The molecule has 6 nitrogen and oxygen atoms in total. The number of hydrogen-bond donors (Lipinski definition) is 2. The summed E-state index contributed by atoms with van der Waals surface area (Å²) in [6.07, 6.45) is 1.38. The van der Waals surface area contributed by atoms with E-state index in [0.717, 1.165) is 0 Å². The smallest absolute Gasteiger partial charge is 0.423 e. The van der Waals surface area contributed by atoms with Crippen molar-refractivity contribution in [3.63, 3.8) is 0 Å². The van der Waals surface area contributed by atoms with Crippen LogP contribution in [0.1, 0.15) is 20.8 Å². The van der Waals surface area contributed by atoms with E-state index in [1.165, 1.54) is 6.20 Å². The Labute approximate surface area is 93.1 Å². The standard InChI is InChI=1S/C9H13BN4O2/c1-9(2,3)14-12-7-4-6(10(15)16)5-11-8(7)13-14/h4-5,15-16H,1-3H3. The average Bonchev–Trinajstić information content (AvgIpc) is 2.58. The maximum atomic E-state index is 9.01. The van der Waals surface area contributed by atoms with E-state index in [1.54, 1.807) is 10.9 Å². The van der Waals surface area contributed by atoms with E-state index >= 15 is 0 Å². The maximum absolute atomic E-state index is 9.01. The molecule has 0 aromatic carbocycles. The van der Waals surface area contributed by atoms with Gasteiger partial charge in [0.05, 0.1) is 5.54 Å². The molecule has 2 aromatic heterocycles. The van der Waals surface area contributed by atoms with Gasteiger partial charge >= 0.3 is 7.12 Å². The summed E-state index contributed by atoms with van der Waals surface area (Å²) < 4.78 is 0. The molecule has 2 N–H and O–H groups in total. The van der Waals surface area contributed by atoms with Gasteiger partial charge in [0.1, 0.15) is 5.52 Å². The summed E-state index contributed by atoms with van der Waals surface area (Å²) in [4.78, 5) is 5.59. The van der Waals surface area contributed by atoms with Gasteiger partial charge in [0.25, 0.3) is 0 Å². The fourth-order valence-electron chi connectivity index (χ4n) is 1.27. The van der Waals surface area contributed by atoms with Gasteiger partial charge in [-0.15, -0.1) is 5.10 Å². The molecule has 7 heteroatoms. The Kier molecular flexibility index (Phi) is 2.44. The predicted molar refractivity (Wildman–Crippen MR) is 60.1 cm³/mol. The highest BCUT2D eigenvalue weighted by atomic mass is 16.4. The summed E-state index contributed by atoms with van der Waals surface area (Å²) in [7, 11) is -1.53. The van der Waals surface area contributed by atoms with Crippen LogP contribution in [0.25, 0.3) is 11.2 Å². The van der Waals surface area contributed by atoms with Gasteiger partial charge in [-0.2, -0.15) is 9.90 Å². The Hall–Kier alpha value is -1.47. The minimum Gasteiger partial charge on any atom is -0.423 e. The molecule has 16 heavy (non-hydrogen) atoms. The van der Waals surface area contributed by atoms with Gasteiger partial charge in [-0.25, -0.2) is 4.98 Å². The van der Waals surface area contributed by atoms with Gasteiger partial charge in [0, 0.05) is 11.7 Å². The topological polar surface area (TPSA) is 84.1 Å². The third-order valence-electron chi connectivity index (χ3n) is 2.16. The van der Waals surface area contributed by atoms with Crippen LogP contribution in [0.2, 0.25) is 0 Å². The molecule has 0 saturated carbocycles. The van der Waals surface area contributed by atoms with E-state index in [4.69, 9.17) is 10.0 Å². The second kappa shape index (κ2) is 3.53. The lowest BCUT2D eigenvalue weighted by Crippen LogP contribution is -2.30. The molecule has 0 aliphatic carbocycles. The van der Waals surface area contributed by atoms with Crippen LogP contribution in [0.4, 0.5) is 0 Å². The van der Waals surface area contributed by atoms with Crippen LogP contribution in [-0.4, -0.2) is 37.1 Å². The zero-order valence-corrected chi connectivity index (χ0v) is 9.42. The molecule has 0 bridgehead atoms. The number of pyridine rings is 1. The Morgan fingerprint density at radius 2 is 1.94 bits per heavy atom. The van der Waals surface area contributed by atoms with E-state index in [2.05, 4.69) is 15.2 Å². The molecular formula is C9H13BN4O2. The summed E-state index contributed by atoms with van der Waals surface area (Å²) in [6, 6.07) is 1.57. The van der Waals surface area contributed by atoms with Gasteiger partial charge in [-0.1, -0.05) is 0 Å². The molecule has 84 valence electrons. The predicted octanol–water partition coefficient (Wildman–Crippen LogP) is -0.739. The molecule has 0 aliphatic rings. The van der Waals surface area contributed by atoms with Crippen molar-refractivity contribution >= 4 is 23.7 Å². The van der Waals surface area contributed by atoms with Crippen molar-refractivity contribution in [1.82, 2.24) is 20.0 Å². The van der Waals surface area contributed by atoms with Crippen molar-refractivity contribution in [2.24, 2.45) is 0 Å². The molecule has 0 fully saturated rings. The van der Waals surface area contributed by atoms with Crippen molar-refractivity contribution in [1.29, 1.82) is 0 Å². The Balaban J connectivity index is 2.54. The number of fused-ring (bicyclic) bond motifs is 1. The first-order valence-corrected chi connectivity index (χ1v) is 4.97. The highest BCUT2D eigenvalue weighted by Gasteiger charge is 2.19. The van der Waals surface area contributed by atoms with Crippen LogP contribution in [0.3, 0.4) is 0 Å². The first kappa shape index (κ1) is 11.0. The molecule has 0 unspecified atom stereocenters. The van der Waals surface area contributed by atoms with E-state index in [1.807, 2.05) is 20.8 Å². The Morgan fingerprint density at radius 1 is 1.25 bits per heavy atom. The largest absolute Gasteiger partial charge is 0.490 e. The molecule has 0 atom stereocenters. The van der Waals surface area contributed by atoms with Crippen molar-refractivity contribution in [3.8, 4) is 0 Å². The summed E-state index contributed by atoms with van der Waals surface area (Å²) >= 11 is 0. The van der Waals surface area contributed by atoms with Gasteiger partial charge in [0.15, 0.2) is 0 Å². The third kappa shape index (κ3) is 1.91. The van der Waals surface area contributed by atoms with Crippen molar-refractivity contribution in [2.45, 2.75) is 26.3 Å². The van der Waals surface area contributed by atoms with E-state index < -0.39 is 7.12 Å². The zero-order chi connectivity index (χ0) is 11.9. The highest BCUT2D eigenvalue weighted by Crippen LogP contribution is 2.13. The maximum Gasteiger partial charge on any atom is 0.490 e. The number of rotatable bonds is 1. The third-order valence-corrected chi connectivity index (χ3v) is 2.16. The molecule has 2 aromatic rings. The van der Waals surface area contributed by atoms with E-state index in [-0.39, 0.29) is 5.54 Å². The molecule has 0 amide bonds. The van der Waals surface area contributed by atoms with Gasteiger partial charge in [0.2, 0.25) is 5.65 Å². The Morgan fingerprint density at radius 3 is 2.50 bits per heavy atom. The molecule has 0 spiro atoms. The lowest BCUT2D eigenvalue weighted by Gasteiger charge is -2.16. The van der Waals surface area contributed by atoms with Gasteiger partial charge in [-0.05, 0) is 26.8 Å². The van der Waals surface area contributed by atoms with Gasteiger partial charge < -0.3 is 10.0 Å². The SMILES string of the molecule is CC(C)(C)n1nc2cc(B(O)O)cnc2n1. The van der Waals surface area contributed by atoms with Crippen LogP contribution in [-0.2, 0) is 5.54 Å². The van der Waals surface area contributed by atoms with E-state index in [0.29, 0.717) is 16.6 Å². The lowest BCUT2D eigenvalue weighted by atomic mass is 9.82. The van der Waals surface area contributed by atoms with Crippen LogP contribution >= 0.6 is 0 Å². The zero-order valence-electron chi connectivity index (χ0n) is 9.42. The van der Waals surface area contributed by atoms with Gasteiger partial charge in [-0.3, -0.25) is 0 Å². The molecule has 2 rings (SSSR count). The fourth-order valence-corrected chi connectivity index (χ4v) is 1.27. The minimum absolute atomic E-state index is 0.224. The number of nitrogens with zero attached hydrogens (tertiary/aromatic N) is 4. The molecule has 0 saturated heterocycles. The second-order valence-electron chi connectivity index (χ2n) is 4.65. The van der Waals surface area contributed by atoms with E-state index in [9.17, 15) is 0 Å². The second-order valence-corrected chi connectivity index (χ2v) is 4.65. The monoisotopic (exact) mass is 220 g/mol. The molecular weight excluding hydrogens is 207 g/mol. The summed E-state index contributed by atoms with van der Waals surface area (Å²) in [5, 5.41) is 26.5. The van der Waals surface area contributed by atoms with Crippen LogP contribution in [0, 0.1) is 0 Å². The lowest BCUT2D eigenvalue weighted by molar-refractivity contribution is 0.315. The quantitative estimate of drug-likeness (QED) is 0.618. The number of aromatic nitrogens is 4. The van der Waals surface area contributed by atoms with Crippen LogP contribution in [0.15, 0.2) is 12.3 Å². The summed E-state index contributed by atoms with van der Waals surface area (Å²) in [5.74, 6) is 0. The first-order chi connectivity index (χ1) is 7.38. The minimum atomic E-state index is -1.53. The first-order valence-electron chi connectivity index (χ1n) is 4.97. The normalized spacial score (nSPS) is 12.1.